The number of carbonyl (C=O) groups excluding carboxylic acids is 1. The van der Waals surface area contributed by atoms with Gasteiger partial charge in [-0.05, 0) is 48.9 Å². The lowest BCUT2D eigenvalue weighted by Gasteiger charge is -2.15. The maximum atomic E-state index is 12.6. The van der Waals surface area contributed by atoms with E-state index < -0.39 is 34.7 Å². The first-order valence-electron chi connectivity index (χ1n) is 9.11. The number of hydrogen-bond acceptors (Lipinski definition) is 4. The van der Waals surface area contributed by atoms with Crippen LogP contribution in [-0.4, -0.2) is 36.6 Å². The predicted molar refractivity (Wildman–Crippen MR) is 107 cm³/mol. The number of carbonyl (C=O) groups is 1. The molecule has 1 heterocycles. The highest BCUT2D eigenvalue weighted by Gasteiger charge is 2.28. The fourth-order valence-electron chi connectivity index (χ4n) is 2.78. The molecule has 3 aromatic rings. The second-order valence-electron chi connectivity index (χ2n) is 6.73. The van der Waals surface area contributed by atoms with Gasteiger partial charge >= 0.3 is 6.18 Å². The molecule has 0 unspecified atom stereocenters. The molecular formula is C20H19F3N4O3S. The monoisotopic (exact) mass is 452 g/mol. The molecule has 7 nitrogen and oxygen atoms in total. The maximum Gasteiger partial charge on any atom is 0.405 e. The summed E-state index contributed by atoms with van der Waals surface area (Å²) >= 11 is 0. The molecule has 2 N–H and O–H groups in total. The summed E-state index contributed by atoms with van der Waals surface area (Å²) in [6, 6.07) is 11.3. The van der Waals surface area contributed by atoms with Crippen LogP contribution >= 0.6 is 0 Å². The molecule has 1 amide bonds. The van der Waals surface area contributed by atoms with Gasteiger partial charge in [-0.2, -0.15) is 13.2 Å². The predicted octanol–water partition coefficient (Wildman–Crippen LogP) is 3.20. The molecule has 0 spiro atoms. The van der Waals surface area contributed by atoms with E-state index >= 15 is 0 Å². The smallest absolute Gasteiger partial charge is 0.343 e. The van der Waals surface area contributed by atoms with Crippen molar-refractivity contribution in [2.45, 2.75) is 24.0 Å². The summed E-state index contributed by atoms with van der Waals surface area (Å²) in [4.78, 5) is 15.6. The third-order valence-electron chi connectivity index (χ3n) is 4.40. The highest BCUT2D eigenvalue weighted by atomic mass is 32.2. The van der Waals surface area contributed by atoms with Gasteiger partial charge in [0.25, 0.3) is 5.91 Å². The van der Waals surface area contributed by atoms with Crippen LogP contribution in [0.25, 0.3) is 5.69 Å². The van der Waals surface area contributed by atoms with Crippen molar-refractivity contribution in [3.05, 3.63) is 78.4 Å². The lowest BCUT2D eigenvalue weighted by Crippen LogP contribution is -2.33. The summed E-state index contributed by atoms with van der Waals surface area (Å²) in [6.45, 7) is 0.216. The van der Waals surface area contributed by atoms with Crippen molar-refractivity contribution < 1.29 is 26.4 Å². The molecule has 0 aliphatic heterocycles. The molecular weight excluding hydrogens is 433 g/mol. The van der Waals surface area contributed by atoms with Crippen molar-refractivity contribution in [1.82, 2.24) is 19.6 Å². The van der Waals surface area contributed by atoms with Gasteiger partial charge in [0.1, 0.15) is 6.54 Å². The molecule has 31 heavy (non-hydrogen) atoms. The number of benzene rings is 2. The number of halogens is 3. The van der Waals surface area contributed by atoms with Crippen LogP contribution in [0.4, 0.5) is 13.2 Å². The number of aromatic nitrogens is 2. The van der Waals surface area contributed by atoms with Gasteiger partial charge in [0.05, 0.1) is 11.2 Å². The third kappa shape index (κ3) is 5.92. The van der Waals surface area contributed by atoms with Gasteiger partial charge in [-0.1, -0.05) is 12.1 Å². The van der Waals surface area contributed by atoms with Crippen molar-refractivity contribution in [1.29, 1.82) is 0 Å². The second-order valence-corrected chi connectivity index (χ2v) is 8.44. The van der Waals surface area contributed by atoms with E-state index in [1.54, 1.807) is 43.1 Å². The molecule has 1 atom stereocenters. The summed E-state index contributed by atoms with van der Waals surface area (Å²) in [6.07, 6.45) is 0.550. The first-order valence-corrected chi connectivity index (χ1v) is 10.6. The Hall–Kier alpha value is -3.18. The van der Waals surface area contributed by atoms with Crippen LogP contribution < -0.4 is 10.0 Å². The minimum atomic E-state index is -4.53. The average molecular weight is 452 g/mol. The summed E-state index contributed by atoms with van der Waals surface area (Å²) < 4.78 is 66.2. The Morgan fingerprint density at radius 3 is 2.29 bits per heavy atom. The van der Waals surface area contributed by atoms with E-state index in [9.17, 15) is 26.4 Å². The molecule has 0 aliphatic carbocycles. The van der Waals surface area contributed by atoms with Crippen LogP contribution in [0.15, 0.2) is 72.1 Å². The molecule has 164 valence electrons. The number of sulfonamides is 1. The number of alkyl halides is 3. The molecule has 0 saturated heterocycles. The topological polar surface area (TPSA) is 93.1 Å². The van der Waals surface area contributed by atoms with Crippen molar-refractivity contribution in [3.63, 3.8) is 0 Å². The molecule has 0 bridgehead atoms. The molecule has 3 rings (SSSR count). The highest BCUT2D eigenvalue weighted by Crippen LogP contribution is 2.19. The van der Waals surface area contributed by atoms with Gasteiger partial charge in [-0.25, -0.2) is 18.1 Å². The lowest BCUT2D eigenvalue weighted by atomic mass is 10.1. The Kier molecular flexibility index (Phi) is 6.46. The van der Waals surface area contributed by atoms with E-state index in [2.05, 4.69) is 9.71 Å². The van der Waals surface area contributed by atoms with E-state index in [1.165, 1.54) is 12.1 Å². The van der Waals surface area contributed by atoms with Gasteiger partial charge in [-0.3, -0.25) is 4.79 Å². The van der Waals surface area contributed by atoms with Crippen molar-refractivity contribution in [2.24, 2.45) is 0 Å². The lowest BCUT2D eigenvalue weighted by molar-refractivity contribution is -0.123. The van der Waals surface area contributed by atoms with Gasteiger partial charge in [0.15, 0.2) is 0 Å². The fraction of sp³-hybridized carbons (Fsp3) is 0.200. The average Bonchev–Trinajstić information content (AvgIpc) is 3.26. The zero-order valence-corrected chi connectivity index (χ0v) is 17.1. The number of hydrogen-bond donors (Lipinski definition) is 2. The van der Waals surface area contributed by atoms with Crippen LogP contribution in [0.1, 0.15) is 28.9 Å². The van der Waals surface area contributed by atoms with E-state index in [1.807, 2.05) is 16.7 Å². The van der Waals surface area contributed by atoms with Crippen molar-refractivity contribution in [3.8, 4) is 5.69 Å². The van der Waals surface area contributed by atoms with Crippen molar-refractivity contribution in [2.75, 3.05) is 6.54 Å². The quantitative estimate of drug-likeness (QED) is 0.576. The molecule has 0 fully saturated rings. The minimum absolute atomic E-state index is 0.0775. The molecule has 11 heteroatoms. The largest absolute Gasteiger partial charge is 0.405 e. The normalized spacial score (nSPS) is 13.0. The molecule has 0 saturated carbocycles. The fourth-order valence-corrected chi connectivity index (χ4v) is 4.02. The first kappa shape index (κ1) is 22.5. The second kappa shape index (κ2) is 8.90. The van der Waals surface area contributed by atoms with Crippen LogP contribution in [0.5, 0.6) is 0 Å². The van der Waals surface area contributed by atoms with Gasteiger partial charge in [0, 0.05) is 29.7 Å². The minimum Gasteiger partial charge on any atom is -0.343 e. The van der Waals surface area contributed by atoms with Gasteiger partial charge in [-0.15, -0.1) is 0 Å². The number of nitrogens with zero attached hydrogens (tertiary/aromatic N) is 2. The molecule has 0 aliphatic rings. The zero-order valence-electron chi connectivity index (χ0n) is 16.3. The molecule has 2 aromatic carbocycles. The van der Waals surface area contributed by atoms with E-state index in [0.717, 1.165) is 23.4 Å². The Morgan fingerprint density at radius 1 is 1.10 bits per heavy atom. The number of imidazole rings is 1. The van der Waals surface area contributed by atoms with E-state index in [4.69, 9.17) is 0 Å². The zero-order chi connectivity index (χ0) is 22.6. The molecule has 0 radical (unpaired) electrons. The molecule has 1 aromatic heterocycles. The standard InChI is InChI=1S/C20H19F3N4O3S/c1-14(15-2-6-17(7-3-15)27-11-10-24-13-27)26-31(29,30)18-8-4-16(5-9-18)19(28)25-12-20(21,22)23/h2-11,13-14,26H,12H2,1H3,(H,25,28)/t14-/m1/s1. The summed E-state index contributed by atoms with van der Waals surface area (Å²) in [5.41, 5.74) is 1.53. The Labute approximate surface area is 177 Å². The van der Waals surface area contributed by atoms with Crippen LogP contribution in [-0.2, 0) is 10.0 Å². The summed E-state index contributed by atoms with van der Waals surface area (Å²) in [7, 11) is -3.92. The van der Waals surface area contributed by atoms with Gasteiger partial charge in [0.2, 0.25) is 10.0 Å². The number of amides is 1. The van der Waals surface area contributed by atoms with Crippen LogP contribution in [0.2, 0.25) is 0 Å². The van der Waals surface area contributed by atoms with E-state index in [0.29, 0.717) is 0 Å². The Balaban J connectivity index is 1.66. The first-order chi connectivity index (χ1) is 14.5. The SMILES string of the molecule is C[C@@H](NS(=O)(=O)c1ccc(C(=O)NCC(F)(F)F)cc1)c1ccc(-n2ccnc2)cc1. The van der Waals surface area contributed by atoms with Gasteiger partial charge < -0.3 is 9.88 Å². The summed E-state index contributed by atoms with van der Waals surface area (Å²) in [5.74, 6) is -0.944. The third-order valence-corrected chi connectivity index (χ3v) is 5.96. The number of rotatable bonds is 7. The highest BCUT2D eigenvalue weighted by molar-refractivity contribution is 7.89. The van der Waals surface area contributed by atoms with E-state index in [-0.39, 0.29) is 10.5 Å². The van der Waals surface area contributed by atoms with Crippen LogP contribution in [0.3, 0.4) is 0 Å². The Bertz CT molecular complexity index is 1130. The van der Waals surface area contributed by atoms with Crippen molar-refractivity contribution >= 4 is 15.9 Å². The summed E-state index contributed by atoms with van der Waals surface area (Å²) in [5, 5.41) is 1.73. The number of nitrogens with one attached hydrogen (secondary N) is 2. The van der Waals surface area contributed by atoms with Crippen LogP contribution in [0, 0.1) is 0 Å². The maximum absolute atomic E-state index is 12.6. The Morgan fingerprint density at radius 2 is 1.74 bits per heavy atom.